The minimum absolute atomic E-state index is 0.0650. The van der Waals surface area contributed by atoms with Gasteiger partial charge in [-0.25, -0.2) is 9.97 Å². The van der Waals surface area contributed by atoms with E-state index in [-0.39, 0.29) is 5.75 Å². The van der Waals surface area contributed by atoms with Gasteiger partial charge in [-0.3, -0.25) is 0 Å². The van der Waals surface area contributed by atoms with Crippen LogP contribution in [0.4, 0.5) is 5.82 Å². The molecule has 0 radical (unpaired) electrons. The summed E-state index contributed by atoms with van der Waals surface area (Å²) < 4.78 is 5.84. The van der Waals surface area contributed by atoms with E-state index in [9.17, 15) is 5.11 Å². The molecule has 0 fully saturated rings. The molecule has 0 atom stereocenters. The fourth-order valence-electron chi connectivity index (χ4n) is 1.68. The summed E-state index contributed by atoms with van der Waals surface area (Å²) in [5.74, 6) is 1.74. The Labute approximate surface area is 119 Å². The maximum Gasteiger partial charge on any atom is 0.161 e. The number of halogens is 1. The average Bonchev–Trinajstić information content (AvgIpc) is 2.41. The van der Waals surface area contributed by atoms with Crippen LogP contribution in [0.5, 0.6) is 11.5 Å². The molecule has 1 heterocycles. The predicted octanol–water partition coefficient (Wildman–Crippen LogP) is 2.97. The summed E-state index contributed by atoms with van der Waals surface area (Å²) in [4.78, 5) is 8.80. The van der Waals surface area contributed by atoms with Gasteiger partial charge in [0.25, 0.3) is 0 Å². The zero-order valence-electron chi connectivity index (χ0n) is 10.9. The van der Waals surface area contributed by atoms with Gasteiger partial charge < -0.3 is 15.2 Å². The highest BCUT2D eigenvalue weighted by Crippen LogP contribution is 2.32. The number of methoxy groups -OCH3 is 1. The van der Waals surface area contributed by atoms with Crippen LogP contribution in [0, 0.1) is 6.92 Å². The monoisotopic (exact) mass is 323 g/mol. The molecular formula is C13H14BrN3O2. The molecule has 2 N–H and O–H groups in total. The summed E-state index contributed by atoms with van der Waals surface area (Å²) in [7, 11) is 3.30. The van der Waals surface area contributed by atoms with Crippen LogP contribution in [0.25, 0.3) is 11.4 Å². The molecule has 1 aromatic heterocycles. The van der Waals surface area contributed by atoms with E-state index in [4.69, 9.17) is 4.74 Å². The summed E-state index contributed by atoms with van der Waals surface area (Å²) >= 11 is 3.43. The van der Waals surface area contributed by atoms with Gasteiger partial charge in [0.1, 0.15) is 5.82 Å². The first-order valence-corrected chi connectivity index (χ1v) is 6.45. The van der Waals surface area contributed by atoms with Crippen molar-refractivity contribution in [2.45, 2.75) is 6.92 Å². The fourth-order valence-corrected chi connectivity index (χ4v) is 2.06. The van der Waals surface area contributed by atoms with Crippen LogP contribution < -0.4 is 10.1 Å². The molecule has 2 aromatic rings. The number of nitrogens with one attached hydrogen (secondary N) is 1. The molecule has 0 spiro atoms. The Kier molecular flexibility index (Phi) is 3.90. The quantitative estimate of drug-likeness (QED) is 0.908. The summed E-state index contributed by atoms with van der Waals surface area (Å²) in [6.07, 6.45) is 0. The van der Waals surface area contributed by atoms with Crippen molar-refractivity contribution in [2.24, 2.45) is 0 Å². The molecule has 0 amide bonds. The molecule has 1 aromatic carbocycles. The van der Waals surface area contributed by atoms with E-state index in [1.807, 2.05) is 6.92 Å². The Bertz CT molecular complexity index is 617. The molecule has 100 valence electrons. The highest BCUT2D eigenvalue weighted by molar-refractivity contribution is 9.10. The van der Waals surface area contributed by atoms with Crippen LogP contribution in [0.2, 0.25) is 0 Å². The normalized spacial score (nSPS) is 10.3. The lowest BCUT2D eigenvalue weighted by Crippen LogP contribution is -2.00. The molecule has 5 nitrogen and oxygen atoms in total. The Hall–Kier alpha value is -1.82. The lowest BCUT2D eigenvalue weighted by atomic mass is 10.2. The highest BCUT2D eigenvalue weighted by Gasteiger charge is 2.11. The van der Waals surface area contributed by atoms with Gasteiger partial charge in [0.05, 0.1) is 17.3 Å². The number of hydrogen-bond acceptors (Lipinski definition) is 5. The number of nitrogens with zero attached hydrogens (tertiary/aromatic N) is 2. The molecule has 0 aliphatic carbocycles. The van der Waals surface area contributed by atoms with Gasteiger partial charge in [-0.1, -0.05) is 0 Å². The number of aromatic nitrogens is 2. The predicted molar refractivity (Wildman–Crippen MR) is 77.7 cm³/mol. The molecule has 0 aliphatic heterocycles. The Morgan fingerprint density at radius 2 is 2.05 bits per heavy atom. The lowest BCUT2D eigenvalue weighted by Gasteiger charge is -2.10. The molecule has 0 saturated heterocycles. The third-order valence-electron chi connectivity index (χ3n) is 2.69. The van der Waals surface area contributed by atoms with Crippen LogP contribution in [-0.4, -0.2) is 29.2 Å². The van der Waals surface area contributed by atoms with Crippen LogP contribution in [-0.2, 0) is 0 Å². The number of phenols is 1. The third-order valence-corrected chi connectivity index (χ3v) is 3.64. The first-order chi connectivity index (χ1) is 9.06. The average molecular weight is 324 g/mol. The Morgan fingerprint density at radius 3 is 2.63 bits per heavy atom. The molecular weight excluding hydrogens is 310 g/mol. The van der Waals surface area contributed by atoms with Gasteiger partial charge in [-0.05, 0) is 41.1 Å². The Balaban J connectivity index is 2.53. The molecule has 0 aliphatic rings. The van der Waals surface area contributed by atoms with Gasteiger partial charge in [0.2, 0.25) is 0 Å². The van der Waals surface area contributed by atoms with Crippen molar-refractivity contribution >= 4 is 21.7 Å². The maximum absolute atomic E-state index is 9.80. The standard InChI is InChI=1S/C13H14BrN3O2/c1-7-11(14)13(15-2)17-12(16-7)8-4-5-10(19-3)9(18)6-8/h4-6,18H,1-3H3,(H,15,16,17). The SMILES string of the molecule is CNc1nc(-c2ccc(OC)c(O)c2)nc(C)c1Br. The van der Waals surface area contributed by atoms with E-state index >= 15 is 0 Å². The van der Waals surface area contributed by atoms with Crippen LogP contribution >= 0.6 is 15.9 Å². The smallest absolute Gasteiger partial charge is 0.161 e. The second-order valence-corrected chi connectivity index (χ2v) is 4.72. The summed E-state index contributed by atoms with van der Waals surface area (Å²) in [6.45, 7) is 1.89. The van der Waals surface area contributed by atoms with Crippen LogP contribution in [0.15, 0.2) is 22.7 Å². The third kappa shape index (κ3) is 2.63. The minimum atomic E-state index is 0.0650. The number of hydrogen-bond donors (Lipinski definition) is 2. The summed E-state index contributed by atoms with van der Waals surface area (Å²) in [5, 5.41) is 12.8. The van der Waals surface area contributed by atoms with E-state index < -0.39 is 0 Å². The van der Waals surface area contributed by atoms with E-state index in [0.29, 0.717) is 17.4 Å². The highest BCUT2D eigenvalue weighted by atomic mass is 79.9. The molecule has 0 unspecified atom stereocenters. The zero-order chi connectivity index (χ0) is 14.0. The number of ether oxygens (including phenoxy) is 1. The topological polar surface area (TPSA) is 67.3 Å². The van der Waals surface area contributed by atoms with Gasteiger partial charge in [-0.2, -0.15) is 0 Å². The molecule has 6 heteroatoms. The number of benzene rings is 1. The van der Waals surface area contributed by atoms with Gasteiger partial charge >= 0.3 is 0 Å². The number of aromatic hydroxyl groups is 1. The van der Waals surface area contributed by atoms with Crippen molar-refractivity contribution in [3.05, 3.63) is 28.4 Å². The van der Waals surface area contributed by atoms with Crippen molar-refractivity contribution in [1.82, 2.24) is 9.97 Å². The first kappa shape index (κ1) is 13.6. The van der Waals surface area contributed by atoms with E-state index in [1.165, 1.54) is 7.11 Å². The molecule has 19 heavy (non-hydrogen) atoms. The second kappa shape index (κ2) is 5.44. The second-order valence-electron chi connectivity index (χ2n) is 3.93. The van der Waals surface area contributed by atoms with Gasteiger partial charge in [0, 0.05) is 12.6 Å². The molecule has 0 saturated carbocycles. The van der Waals surface area contributed by atoms with Crippen molar-refractivity contribution in [2.75, 3.05) is 19.5 Å². The van der Waals surface area contributed by atoms with Crippen molar-refractivity contribution < 1.29 is 9.84 Å². The first-order valence-electron chi connectivity index (χ1n) is 5.66. The lowest BCUT2D eigenvalue weighted by molar-refractivity contribution is 0.373. The largest absolute Gasteiger partial charge is 0.504 e. The summed E-state index contributed by atoms with van der Waals surface area (Å²) in [6, 6.07) is 5.08. The van der Waals surface area contributed by atoms with E-state index in [0.717, 1.165) is 15.7 Å². The molecule has 0 bridgehead atoms. The molecule has 2 rings (SSSR count). The number of rotatable bonds is 3. The number of aryl methyl sites for hydroxylation is 1. The van der Waals surface area contributed by atoms with Crippen molar-refractivity contribution in [3.8, 4) is 22.9 Å². The van der Waals surface area contributed by atoms with Crippen molar-refractivity contribution in [3.63, 3.8) is 0 Å². The van der Waals surface area contributed by atoms with E-state index in [1.54, 1.807) is 25.2 Å². The van der Waals surface area contributed by atoms with Crippen LogP contribution in [0.3, 0.4) is 0 Å². The number of phenolic OH excluding ortho intramolecular Hbond substituents is 1. The fraction of sp³-hybridized carbons (Fsp3) is 0.231. The summed E-state index contributed by atoms with van der Waals surface area (Å²) in [5.41, 5.74) is 1.55. The zero-order valence-corrected chi connectivity index (χ0v) is 12.4. The minimum Gasteiger partial charge on any atom is -0.504 e. The van der Waals surface area contributed by atoms with Crippen molar-refractivity contribution in [1.29, 1.82) is 0 Å². The van der Waals surface area contributed by atoms with Crippen LogP contribution in [0.1, 0.15) is 5.69 Å². The van der Waals surface area contributed by atoms with Gasteiger partial charge in [0.15, 0.2) is 17.3 Å². The maximum atomic E-state index is 9.80. The Morgan fingerprint density at radius 1 is 1.32 bits per heavy atom. The van der Waals surface area contributed by atoms with E-state index in [2.05, 4.69) is 31.2 Å². The van der Waals surface area contributed by atoms with Gasteiger partial charge in [-0.15, -0.1) is 0 Å². The number of anilines is 1.